The summed E-state index contributed by atoms with van der Waals surface area (Å²) in [7, 11) is -1.21. The van der Waals surface area contributed by atoms with Gasteiger partial charge in [-0.2, -0.15) is 0 Å². The Morgan fingerprint density at radius 3 is 2.62 bits per heavy atom. The second-order valence-corrected chi connectivity index (χ2v) is 11.1. The third kappa shape index (κ3) is 3.21. The van der Waals surface area contributed by atoms with Gasteiger partial charge in [-0.1, -0.05) is 11.6 Å². The normalized spacial score (nSPS) is 24.2. The van der Waals surface area contributed by atoms with Crippen LogP contribution in [0.1, 0.15) is 50.2 Å². The largest absolute Gasteiger partial charge is 0.465 e. The van der Waals surface area contributed by atoms with E-state index < -0.39 is 17.1 Å². The molecule has 1 aromatic heterocycles. The molecule has 9 heteroatoms. The van der Waals surface area contributed by atoms with Crippen LogP contribution in [0, 0.1) is 5.41 Å². The zero-order valence-electron chi connectivity index (χ0n) is 14.0. The molecule has 3 rings (SSSR count). The molecule has 2 aliphatic rings. The summed E-state index contributed by atoms with van der Waals surface area (Å²) in [6.07, 6.45) is 1.36. The number of piperidine rings is 1. The number of hydrogen-bond donors (Lipinski definition) is 2. The Hall–Kier alpha value is -0.700. The van der Waals surface area contributed by atoms with E-state index in [0.717, 1.165) is 29.8 Å². The van der Waals surface area contributed by atoms with E-state index in [4.69, 9.17) is 11.6 Å². The van der Waals surface area contributed by atoms with Gasteiger partial charge in [0.25, 0.3) is 0 Å². The fourth-order valence-electron chi connectivity index (χ4n) is 3.47. The summed E-state index contributed by atoms with van der Waals surface area (Å²) in [5.41, 5.74) is 0.836. The fraction of sp³-hybridized carbons (Fsp3) is 0.733. The van der Waals surface area contributed by atoms with Crippen LogP contribution in [0.2, 0.25) is 4.47 Å². The zero-order valence-corrected chi connectivity index (χ0v) is 16.4. The molecule has 2 atom stereocenters. The van der Waals surface area contributed by atoms with Gasteiger partial charge in [0.15, 0.2) is 4.47 Å². The summed E-state index contributed by atoms with van der Waals surface area (Å²) in [6, 6.07) is -0.0893. The van der Waals surface area contributed by atoms with Crippen molar-refractivity contribution < 1.29 is 14.1 Å². The molecule has 24 heavy (non-hydrogen) atoms. The zero-order chi connectivity index (χ0) is 17.7. The molecule has 2 heterocycles. The second kappa shape index (κ2) is 6.23. The van der Waals surface area contributed by atoms with Gasteiger partial charge in [0, 0.05) is 23.4 Å². The maximum atomic E-state index is 12.7. The van der Waals surface area contributed by atoms with Crippen LogP contribution < -0.4 is 4.72 Å². The van der Waals surface area contributed by atoms with E-state index in [1.54, 1.807) is 0 Å². The molecule has 6 nitrogen and oxygen atoms in total. The van der Waals surface area contributed by atoms with Crippen molar-refractivity contribution in [2.75, 3.05) is 13.1 Å². The molecule has 2 N–H and O–H groups in total. The first kappa shape index (κ1) is 18.1. The number of hydrogen-bond acceptors (Lipinski definition) is 4. The van der Waals surface area contributed by atoms with Gasteiger partial charge in [-0.25, -0.2) is 18.7 Å². The van der Waals surface area contributed by atoms with Crippen LogP contribution in [0.4, 0.5) is 4.79 Å². The van der Waals surface area contributed by atoms with E-state index in [9.17, 15) is 14.1 Å². The van der Waals surface area contributed by atoms with E-state index in [1.165, 1.54) is 16.2 Å². The Morgan fingerprint density at radius 1 is 1.46 bits per heavy atom. The van der Waals surface area contributed by atoms with Crippen molar-refractivity contribution in [2.45, 2.75) is 50.8 Å². The third-order valence-corrected chi connectivity index (χ3v) is 7.74. The molecule has 0 bridgehead atoms. The molecule has 0 aromatic carbocycles. The van der Waals surface area contributed by atoms with Gasteiger partial charge in [0.05, 0.1) is 27.5 Å². The van der Waals surface area contributed by atoms with Gasteiger partial charge >= 0.3 is 6.09 Å². The minimum absolute atomic E-state index is 0.0893. The van der Waals surface area contributed by atoms with Crippen LogP contribution in [0.5, 0.6) is 0 Å². The van der Waals surface area contributed by atoms with Crippen molar-refractivity contribution in [3.05, 3.63) is 15.0 Å². The SMILES string of the molecule is CC(C)(C)S(=O)N[C@@H]1c2sc(Cl)nc2CC12CCN(C(=O)O)CC2. The van der Waals surface area contributed by atoms with Crippen molar-refractivity contribution >= 4 is 40.0 Å². The minimum atomic E-state index is -1.21. The predicted molar refractivity (Wildman–Crippen MR) is 95.9 cm³/mol. The van der Waals surface area contributed by atoms with Crippen molar-refractivity contribution in [1.29, 1.82) is 0 Å². The highest BCUT2D eigenvalue weighted by molar-refractivity contribution is 7.84. The quantitative estimate of drug-likeness (QED) is 0.810. The number of thiazole rings is 1. The van der Waals surface area contributed by atoms with Gasteiger partial charge < -0.3 is 10.0 Å². The van der Waals surface area contributed by atoms with Gasteiger partial charge in [0.1, 0.15) is 0 Å². The average Bonchev–Trinajstić information content (AvgIpc) is 2.94. The van der Waals surface area contributed by atoms with E-state index in [2.05, 4.69) is 9.71 Å². The summed E-state index contributed by atoms with van der Waals surface area (Å²) in [5.74, 6) is 0. The van der Waals surface area contributed by atoms with Gasteiger partial charge in [0.2, 0.25) is 0 Å². The second-order valence-electron chi connectivity index (χ2n) is 7.52. The lowest BCUT2D eigenvalue weighted by Gasteiger charge is -2.42. The lowest BCUT2D eigenvalue weighted by atomic mass is 9.74. The van der Waals surface area contributed by atoms with E-state index >= 15 is 0 Å². The summed E-state index contributed by atoms with van der Waals surface area (Å²) >= 11 is 7.52. The molecule has 1 saturated heterocycles. The van der Waals surface area contributed by atoms with Crippen molar-refractivity contribution in [3.8, 4) is 0 Å². The average molecular weight is 392 g/mol. The number of fused-ring (bicyclic) bond motifs is 1. The molecule has 1 aromatic rings. The van der Waals surface area contributed by atoms with E-state index in [1.807, 2.05) is 20.8 Å². The van der Waals surface area contributed by atoms with Gasteiger partial charge in [-0.15, -0.1) is 11.3 Å². The van der Waals surface area contributed by atoms with Crippen LogP contribution >= 0.6 is 22.9 Å². The van der Waals surface area contributed by atoms with Crippen molar-refractivity contribution in [3.63, 3.8) is 0 Å². The highest BCUT2D eigenvalue weighted by atomic mass is 35.5. The van der Waals surface area contributed by atoms with Crippen LogP contribution in [-0.2, 0) is 17.4 Å². The molecule has 1 aliphatic heterocycles. The number of carboxylic acid groups (broad SMARTS) is 1. The topological polar surface area (TPSA) is 82.5 Å². The van der Waals surface area contributed by atoms with Crippen LogP contribution in [0.15, 0.2) is 0 Å². The lowest BCUT2D eigenvalue weighted by Crippen LogP contribution is -2.48. The monoisotopic (exact) mass is 391 g/mol. The maximum Gasteiger partial charge on any atom is 0.407 e. The molecule has 1 unspecified atom stereocenters. The first-order valence-corrected chi connectivity index (χ1v) is 10.3. The van der Waals surface area contributed by atoms with Crippen LogP contribution in [0.25, 0.3) is 0 Å². The van der Waals surface area contributed by atoms with E-state index in [0.29, 0.717) is 17.6 Å². The number of halogens is 1. The van der Waals surface area contributed by atoms with Gasteiger partial charge in [-0.05, 0) is 40.0 Å². The number of likely N-dealkylation sites (tertiary alicyclic amines) is 1. The number of nitrogens with zero attached hydrogens (tertiary/aromatic N) is 2. The highest BCUT2D eigenvalue weighted by Crippen LogP contribution is 2.54. The molecular weight excluding hydrogens is 370 g/mol. The maximum absolute atomic E-state index is 12.7. The molecule has 1 amide bonds. The number of nitrogens with one attached hydrogen (secondary N) is 1. The Bertz CT molecular complexity index is 678. The Kier molecular flexibility index (Phi) is 4.70. The number of carbonyl (C=O) groups is 1. The molecule has 1 spiro atoms. The standard InChI is InChI=1S/C15H22ClN3O3S2/c1-14(2,3)24(22)18-11-10-9(17-12(16)23-10)8-15(11)4-6-19(7-5-15)13(20)21/h11,18H,4-8H2,1-3H3,(H,20,21)/t11-,24?/m1/s1. The summed E-state index contributed by atoms with van der Waals surface area (Å²) in [6.45, 7) is 6.80. The summed E-state index contributed by atoms with van der Waals surface area (Å²) in [5, 5.41) is 9.19. The number of rotatable bonds is 2. The Labute approximate surface area is 153 Å². The predicted octanol–water partition coefficient (Wildman–Crippen LogP) is 3.21. The molecule has 134 valence electrons. The third-order valence-electron chi connectivity index (χ3n) is 4.91. The van der Waals surface area contributed by atoms with Crippen molar-refractivity contribution in [2.24, 2.45) is 5.41 Å². The smallest absolute Gasteiger partial charge is 0.407 e. The highest BCUT2D eigenvalue weighted by Gasteiger charge is 2.51. The van der Waals surface area contributed by atoms with Crippen LogP contribution in [0.3, 0.4) is 0 Å². The first-order chi connectivity index (χ1) is 11.1. The fourth-order valence-corrected chi connectivity index (χ4v) is 5.83. The lowest BCUT2D eigenvalue weighted by molar-refractivity contribution is 0.0769. The summed E-state index contributed by atoms with van der Waals surface area (Å²) < 4.78 is 16.1. The Morgan fingerprint density at radius 2 is 2.08 bits per heavy atom. The van der Waals surface area contributed by atoms with E-state index in [-0.39, 0.29) is 16.2 Å². The first-order valence-electron chi connectivity index (χ1n) is 7.93. The molecule has 0 saturated carbocycles. The number of aromatic nitrogens is 1. The number of amides is 1. The molecule has 0 radical (unpaired) electrons. The Balaban J connectivity index is 1.88. The molecular formula is C15H22ClN3O3S2. The van der Waals surface area contributed by atoms with Crippen molar-refractivity contribution in [1.82, 2.24) is 14.6 Å². The minimum Gasteiger partial charge on any atom is -0.465 e. The van der Waals surface area contributed by atoms with Gasteiger partial charge in [-0.3, -0.25) is 0 Å². The summed E-state index contributed by atoms with van der Waals surface area (Å²) in [4.78, 5) is 18.1. The molecule has 1 aliphatic carbocycles. The van der Waals surface area contributed by atoms with Crippen LogP contribution in [-0.4, -0.2) is 43.1 Å². The molecule has 1 fully saturated rings.